The molecule has 0 radical (unpaired) electrons. The van der Waals surface area contributed by atoms with Gasteiger partial charge in [0.25, 0.3) is 0 Å². The van der Waals surface area contributed by atoms with Crippen molar-refractivity contribution in [1.29, 1.82) is 0 Å². The number of halogens is 5. The summed E-state index contributed by atoms with van der Waals surface area (Å²) in [4.78, 5) is 7.54. The number of aromatic nitrogens is 4. The molecule has 0 atom stereocenters. The van der Waals surface area contributed by atoms with Crippen molar-refractivity contribution < 1.29 is 26.5 Å². The fourth-order valence-corrected chi connectivity index (χ4v) is 2.86. The quantitative estimate of drug-likeness (QED) is 0.471. The van der Waals surface area contributed by atoms with Crippen LogP contribution in [0.2, 0.25) is 0 Å². The summed E-state index contributed by atoms with van der Waals surface area (Å²) >= 11 is 0. The Balaban J connectivity index is 1.67. The largest absolute Gasteiger partial charge is 0.471 e. The van der Waals surface area contributed by atoms with Crippen molar-refractivity contribution in [3.63, 3.8) is 0 Å². The minimum atomic E-state index is -4.78. The molecule has 0 fully saturated rings. The predicted octanol–water partition coefficient (Wildman–Crippen LogP) is 4.74. The lowest BCUT2D eigenvalue weighted by Crippen LogP contribution is -2.05. The standard InChI is InChI=1S/C18H11F5N4O/c1-9-24-14-5-4-12(19)7-15(14)27(9)8-11-3-2-10(6-13(11)20)16-25-17(28-26-16)18(21,22)23/h2-7H,8H2,1H3. The predicted molar refractivity (Wildman–Crippen MR) is 88.2 cm³/mol. The third-order valence-electron chi connectivity index (χ3n) is 4.21. The smallest absolute Gasteiger partial charge is 0.329 e. The second kappa shape index (κ2) is 6.39. The van der Waals surface area contributed by atoms with Crippen LogP contribution in [0.25, 0.3) is 22.4 Å². The molecule has 28 heavy (non-hydrogen) atoms. The highest BCUT2D eigenvalue weighted by Crippen LogP contribution is 2.30. The van der Waals surface area contributed by atoms with Crippen molar-refractivity contribution in [3.8, 4) is 11.4 Å². The molecule has 4 rings (SSSR count). The van der Waals surface area contributed by atoms with E-state index in [1.807, 2.05) is 0 Å². The van der Waals surface area contributed by atoms with E-state index in [2.05, 4.69) is 19.6 Å². The van der Waals surface area contributed by atoms with Gasteiger partial charge in [-0.05, 0) is 31.2 Å². The average Bonchev–Trinajstić information content (AvgIpc) is 3.22. The van der Waals surface area contributed by atoms with E-state index >= 15 is 0 Å². The second-order valence-corrected chi connectivity index (χ2v) is 6.11. The molecule has 0 bridgehead atoms. The first-order valence-electron chi connectivity index (χ1n) is 8.04. The highest BCUT2D eigenvalue weighted by atomic mass is 19.4. The number of nitrogens with zero attached hydrogens (tertiary/aromatic N) is 4. The Kier molecular flexibility index (Phi) is 4.13. The molecule has 0 aliphatic rings. The van der Waals surface area contributed by atoms with E-state index in [1.54, 1.807) is 11.5 Å². The zero-order chi connectivity index (χ0) is 20.1. The first kappa shape index (κ1) is 18.1. The summed E-state index contributed by atoms with van der Waals surface area (Å²) in [6, 6.07) is 7.93. The Hall–Kier alpha value is -3.30. The molecular formula is C18H11F5N4O. The number of hydrogen-bond acceptors (Lipinski definition) is 4. The first-order valence-corrected chi connectivity index (χ1v) is 8.04. The highest BCUT2D eigenvalue weighted by Gasteiger charge is 2.38. The first-order chi connectivity index (χ1) is 13.2. The third kappa shape index (κ3) is 3.21. The molecular weight excluding hydrogens is 383 g/mol. The number of aryl methyl sites for hydroxylation is 1. The van der Waals surface area contributed by atoms with Gasteiger partial charge < -0.3 is 9.09 Å². The lowest BCUT2D eigenvalue weighted by atomic mass is 10.1. The van der Waals surface area contributed by atoms with Gasteiger partial charge in [0, 0.05) is 11.1 Å². The molecule has 0 N–H and O–H groups in total. The Morgan fingerprint density at radius 3 is 2.50 bits per heavy atom. The molecule has 2 heterocycles. The summed E-state index contributed by atoms with van der Waals surface area (Å²) in [6.45, 7) is 1.78. The highest BCUT2D eigenvalue weighted by molar-refractivity contribution is 5.76. The minimum Gasteiger partial charge on any atom is -0.329 e. The van der Waals surface area contributed by atoms with Gasteiger partial charge in [-0.2, -0.15) is 18.2 Å². The molecule has 0 spiro atoms. The Morgan fingerprint density at radius 2 is 1.82 bits per heavy atom. The van der Waals surface area contributed by atoms with E-state index in [9.17, 15) is 22.0 Å². The van der Waals surface area contributed by atoms with Crippen LogP contribution in [0, 0.1) is 18.6 Å². The van der Waals surface area contributed by atoms with Gasteiger partial charge >= 0.3 is 12.1 Å². The molecule has 0 aliphatic heterocycles. The van der Waals surface area contributed by atoms with E-state index in [4.69, 9.17) is 0 Å². The van der Waals surface area contributed by atoms with Crippen molar-refractivity contribution in [2.75, 3.05) is 0 Å². The van der Waals surface area contributed by atoms with Crippen LogP contribution < -0.4 is 0 Å². The molecule has 2 aromatic heterocycles. The van der Waals surface area contributed by atoms with E-state index in [0.29, 0.717) is 16.9 Å². The molecule has 4 aromatic rings. The van der Waals surface area contributed by atoms with E-state index < -0.39 is 23.7 Å². The number of rotatable bonds is 3. The monoisotopic (exact) mass is 394 g/mol. The molecule has 0 saturated heterocycles. The molecule has 0 aliphatic carbocycles. The van der Waals surface area contributed by atoms with Crippen LogP contribution in [0.3, 0.4) is 0 Å². The summed E-state index contributed by atoms with van der Waals surface area (Å²) < 4.78 is 71.6. The number of alkyl halides is 3. The molecule has 0 amide bonds. The molecule has 2 aromatic carbocycles. The number of imidazole rings is 1. The van der Waals surface area contributed by atoms with Crippen LogP contribution >= 0.6 is 0 Å². The minimum absolute atomic E-state index is 0.0405. The lowest BCUT2D eigenvalue weighted by Gasteiger charge is -2.09. The maximum Gasteiger partial charge on any atom is 0.471 e. The second-order valence-electron chi connectivity index (χ2n) is 6.11. The Bertz CT molecular complexity index is 1180. The van der Waals surface area contributed by atoms with Crippen molar-refractivity contribution in [3.05, 3.63) is 65.3 Å². The maximum atomic E-state index is 14.6. The van der Waals surface area contributed by atoms with Gasteiger partial charge in [-0.1, -0.05) is 17.3 Å². The van der Waals surface area contributed by atoms with Crippen molar-refractivity contribution in [2.45, 2.75) is 19.6 Å². The molecule has 10 heteroatoms. The Labute approximate surface area is 154 Å². The summed E-state index contributed by atoms with van der Waals surface area (Å²) in [5.74, 6) is -2.42. The van der Waals surface area contributed by atoms with Crippen LogP contribution in [-0.2, 0) is 12.7 Å². The van der Waals surface area contributed by atoms with Gasteiger partial charge in [0.15, 0.2) is 0 Å². The maximum absolute atomic E-state index is 14.6. The van der Waals surface area contributed by atoms with Crippen molar-refractivity contribution in [2.24, 2.45) is 0 Å². The fraction of sp³-hybridized carbons (Fsp3) is 0.167. The summed E-state index contributed by atoms with van der Waals surface area (Å²) in [6.07, 6.45) is -4.78. The van der Waals surface area contributed by atoms with Crippen LogP contribution in [0.15, 0.2) is 40.9 Å². The van der Waals surface area contributed by atoms with Crippen LogP contribution in [-0.4, -0.2) is 19.7 Å². The van der Waals surface area contributed by atoms with E-state index in [-0.39, 0.29) is 23.5 Å². The van der Waals surface area contributed by atoms with E-state index in [1.165, 1.54) is 30.3 Å². The van der Waals surface area contributed by atoms with Crippen LogP contribution in [0.1, 0.15) is 17.3 Å². The number of fused-ring (bicyclic) bond motifs is 1. The third-order valence-corrected chi connectivity index (χ3v) is 4.21. The van der Waals surface area contributed by atoms with Crippen LogP contribution in [0.5, 0.6) is 0 Å². The van der Waals surface area contributed by atoms with Gasteiger partial charge in [-0.3, -0.25) is 0 Å². The lowest BCUT2D eigenvalue weighted by molar-refractivity contribution is -0.159. The molecule has 0 saturated carbocycles. The zero-order valence-corrected chi connectivity index (χ0v) is 14.3. The van der Waals surface area contributed by atoms with Gasteiger partial charge in [0.1, 0.15) is 17.5 Å². The van der Waals surface area contributed by atoms with Gasteiger partial charge in [0.05, 0.1) is 17.6 Å². The summed E-state index contributed by atoms with van der Waals surface area (Å²) in [5, 5.41) is 3.23. The van der Waals surface area contributed by atoms with Gasteiger partial charge in [-0.25, -0.2) is 13.8 Å². The van der Waals surface area contributed by atoms with Crippen molar-refractivity contribution in [1.82, 2.24) is 19.7 Å². The van der Waals surface area contributed by atoms with Crippen molar-refractivity contribution >= 4 is 11.0 Å². The molecule has 0 unspecified atom stereocenters. The molecule has 5 nitrogen and oxygen atoms in total. The average molecular weight is 394 g/mol. The van der Waals surface area contributed by atoms with Crippen LogP contribution in [0.4, 0.5) is 22.0 Å². The Morgan fingerprint density at radius 1 is 1.04 bits per heavy atom. The summed E-state index contributed by atoms with van der Waals surface area (Å²) in [7, 11) is 0. The van der Waals surface area contributed by atoms with E-state index in [0.717, 1.165) is 6.07 Å². The fourth-order valence-electron chi connectivity index (χ4n) is 2.86. The number of hydrogen-bond donors (Lipinski definition) is 0. The van der Waals surface area contributed by atoms with Gasteiger partial charge in [-0.15, -0.1) is 0 Å². The van der Waals surface area contributed by atoms with Gasteiger partial charge in [0.2, 0.25) is 5.82 Å². The normalized spacial score (nSPS) is 12.1. The SMILES string of the molecule is Cc1nc2ccc(F)cc2n1Cc1ccc(-c2noc(C(F)(F)F)n2)cc1F. The summed E-state index contributed by atoms with van der Waals surface area (Å²) in [5.41, 5.74) is 1.37. The topological polar surface area (TPSA) is 56.7 Å². The zero-order valence-electron chi connectivity index (χ0n) is 14.3. The number of benzene rings is 2. The molecule has 144 valence electrons.